The topological polar surface area (TPSA) is 66.5 Å². The average Bonchev–Trinajstić information content (AvgIpc) is 2.73. The number of halogens is 2. The fourth-order valence-corrected chi connectivity index (χ4v) is 3.51. The molecular formula is C21H30Cl2N4O2. The molecule has 3 rings (SSSR count). The van der Waals surface area contributed by atoms with Crippen LogP contribution >= 0.6 is 24.8 Å². The van der Waals surface area contributed by atoms with Crippen LogP contribution in [0.2, 0.25) is 0 Å². The van der Waals surface area contributed by atoms with Crippen LogP contribution in [0.25, 0.3) is 0 Å². The normalized spacial score (nSPS) is 14.8. The summed E-state index contributed by atoms with van der Waals surface area (Å²) in [5.74, 6) is 0.706. The Hall–Kier alpha value is -1.86. The Bertz CT molecular complexity index is 733. The van der Waals surface area contributed by atoms with Gasteiger partial charge in [0.05, 0.1) is 12.2 Å². The molecule has 29 heavy (non-hydrogen) atoms. The molecule has 0 aliphatic carbocycles. The summed E-state index contributed by atoms with van der Waals surface area (Å²) in [6, 6.07) is 13.7. The number of anilines is 2. The van der Waals surface area contributed by atoms with Crippen molar-refractivity contribution in [2.75, 3.05) is 45.3 Å². The van der Waals surface area contributed by atoms with E-state index in [9.17, 15) is 4.79 Å². The summed E-state index contributed by atoms with van der Waals surface area (Å²) in [5, 5.41) is 6.44. The fraction of sp³-hybridized carbons (Fsp3) is 0.429. The van der Waals surface area contributed by atoms with Gasteiger partial charge in [0, 0.05) is 38.0 Å². The molecule has 0 bridgehead atoms. The molecule has 0 saturated carbocycles. The Morgan fingerprint density at radius 2 is 1.86 bits per heavy atom. The summed E-state index contributed by atoms with van der Waals surface area (Å²) < 4.78 is 5.41. The minimum atomic E-state index is -0.0922. The molecule has 0 atom stereocenters. The van der Waals surface area contributed by atoms with Crippen LogP contribution in [-0.2, 0) is 4.74 Å². The minimum absolute atomic E-state index is 0. The van der Waals surface area contributed by atoms with Crippen molar-refractivity contribution >= 4 is 42.2 Å². The van der Waals surface area contributed by atoms with Gasteiger partial charge in [0.1, 0.15) is 5.82 Å². The fourth-order valence-electron chi connectivity index (χ4n) is 3.51. The third kappa shape index (κ3) is 6.57. The average molecular weight is 441 g/mol. The number of nitrogens with one attached hydrogen (secondary N) is 2. The molecule has 6 nitrogen and oxygen atoms in total. The maximum absolute atomic E-state index is 12.6. The summed E-state index contributed by atoms with van der Waals surface area (Å²) in [4.78, 5) is 19.0. The number of para-hydroxylation sites is 1. The number of pyridine rings is 1. The summed E-state index contributed by atoms with van der Waals surface area (Å²) in [7, 11) is 3.68. The van der Waals surface area contributed by atoms with E-state index in [4.69, 9.17) is 4.74 Å². The lowest BCUT2D eigenvalue weighted by Crippen LogP contribution is -2.47. The number of hydrogen-bond acceptors (Lipinski definition) is 5. The molecule has 1 aromatic heterocycles. The van der Waals surface area contributed by atoms with Gasteiger partial charge in [0.2, 0.25) is 0 Å². The predicted octanol–water partition coefficient (Wildman–Crippen LogP) is 3.44. The lowest BCUT2D eigenvalue weighted by Gasteiger charge is -2.37. The molecular weight excluding hydrogens is 411 g/mol. The second-order valence-corrected chi connectivity index (χ2v) is 7.17. The van der Waals surface area contributed by atoms with E-state index in [0.29, 0.717) is 18.7 Å². The Labute approximate surface area is 185 Å². The van der Waals surface area contributed by atoms with Crippen molar-refractivity contribution in [2.24, 2.45) is 5.41 Å². The van der Waals surface area contributed by atoms with Crippen LogP contribution in [0.4, 0.5) is 11.5 Å². The number of hydrogen-bond donors (Lipinski definition) is 2. The standard InChI is InChI=1S/C21H28N4O2.2ClH/c1-25(18-6-4-3-5-7-18)19-9-8-17(14-23-19)20(26)24-15-21(16-27-2)10-12-22-13-11-21;;/h3-9,14,22H,10-13,15-16H2,1-2H3,(H,24,26);2*1H. The van der Waals surface area contributed by atoms with Crippen LogP contribution in [0, 0.1) is 5.41 Å². The number of methoxy groups -OCH3 is 1. The number of piperidine rings is 1. The number of nitrogens with zero attached hydrogens (tertiary/aromatic N) is 2. The van der Waals surface area contributed by atoms with Crippen LogP contribution in [0.1, 0.15) is 23.2 Å². The molecule has 0 spiro atoms. The monoisotopic (exact) mass is 440 g/mol. The van der Waals surface area contributed by atoms with Gasteiger partial charge in [-0.2, -0.15) is 0 Å². The molecule has 0 unspecified atom stereocenters. The quantitative estimate of drug-likeness (QED) is 0.689. The number of carbonyl (C=O) groups is 1. The highest BCUT2D eigenvalue weighted by atomic mass is 35.5. The van der Waals surface area contributed by atoms with Crippen molar-refractivity contribution in [1.82, 2.24) is 15.6 Å². The summed E-state index contributed by atoms with van der Waals surface area (Å²) in [5.41, 5.74) is 1.63. The largest absolute Gasteiger partial charge is 0.384 e. The van der Waals surface area contributed by atoms with Gasteiger partial charge in [0.15, 0.2) is 0 Å². The highest BCUT2D eigenvalue weighted by Crippen LogP contribution is 2.28. The van der Waals surface area contributed by atoms with Crippen LogP contribution in [0.15, 0.2) is 48.7 Å². The third-order valence-corrected chi connectivity index (χ3v) is 5.24. The van der Waals surface area contributed by atoms with Gasteiger partial charge in [0.25, 0.3) is 5.91 Å². The van der Waals surface area contributed by atoms with E-state index in [0.717, 1.165) is 37.4 Å². The highest BCUT2D eigenvalue weighted by molar-refractivity contribution is 5.94. The molecule has 1 aliphatic heterocycles. The SMILES string of the molecule is COCC1(CNC(=O)c2ccc(N(C)c3ccccc3)nc2)CCNCC1.Cl.Cl. The number of benzene rings is 1. The predicted molar refractivity (Wildman–Crippen MR) is 122 cm³/mol. The van der Waals surface area contributed by atoms with Crippen molar-refractivity contribution in [1.29, 1.82) is 0 Å². The first kappa shape index (κ1) is 25.2. The maximum atomic E-state index is 12.6. The molecule has 0 radical (unpaired) electrons. The van der Waals surface area contributed by atoms with Crippen molar-refractivity contribution in [3.05, 3.63) is 54.2 Å². The van der Waals surface area contributed by atoms with E-state index in [1.165, 1.54) is 0 Å². The Morgan fingerprint density at radius 1 is 1.17 bits per heavy atom. The van der Waals surface area contributed by atoms with Crippen molar-refractivity contribution in [3.8, 4) is 0 Å². The molecule has 1 saturated heterocycles. The van der Waals surface area contributed by atoms with E-state index >= 15 is 0 Å². The second-order valence-electron chi connectivity index (χ2n) is 7.17. The van der Waals surface area contributed by atoms with E-state index in [2.05, 4.69) is 15.6 Å². The smallest absolute Gasteiger partial charge is 0.252 e. The summed E-state index contributed by atoms with van der Waals surface area (Å²) in [6.45, 7) is 3.20. The molecule has 2 aromatic rings. The Kier molecular flexibility index (Phi) is 10.4. The van der Waals surface area contributed by atoms with Gasteiger partial charge >= 0.3 is 0 Å². The van der Waals surface area contributed by atoms with Crippen LogP contribution in [-0.4, -0.2) is 51.3 Å². The molecule has 8 heteroatoms. The van der Waals surface area contributed by atoms with Gasteiger partial charge in [-0.05, 0) is 50.2 Å². The summed E-state index contributed by atoms with van der Waals surface area (Å²) in [6.07, 6.45) is 3.63. The van der Waals surface area contributed by atoms with Crippen molar-refractivity contribution in [3.63, 3.8) is 0 Å². The lowest BCUT2D eigenvalue weighted by molar-refractivity contribution is 0.0511. The van der Waals surface area contributed by atoms with Gasteiger partial charge in [-0.15, -0.1) is 24.8 Å². The van der Waals surface area contributed by atoms with Gasteiger partial charge in [-0.1, -0.05) is 18.2 Å². The molecule has 1 aromatic carbocycles. The molecule has 1 fully saturated rings. The van der Waals surface area contributed by atoms with E-state index in [1.54, 1.807) is 13.3 Å². The van der Waals surface area contributed by atoms with Gasteiger partial charge in [-0.25, -0.2) is 4.98 Å². The molecule has 1 aliphatic rings. The molecule has 160 valence electrons. The number of rotatable bonds is 7. The van der Waals surface area contributed by atoms with Gasteiger partial charge < -0.3 is 20.3 Å². The number of aromatic nitrogens is 1. The van der Waals surface area contributed by atoms with Crippen LogP contribution < -0.4 is 15.5 Å². The first-order valence-corrected chi connectivity index (χ1v) is 9.36. The Balaban J connectivity index is 0.00000210. The van der Waals surface area contributed by atoms with E-state index in [1.807, 2.05) is 54.4 Å². The van der Waals surface area contributed by atoms with E-state index < -0.39 is 0 Å². The molecule has 2 heterocycles. The van der Waals surface area contributed by atoms with Crippen LogP contribution in [0.5, 0.6) is 0 Å². The molecule has 1 amide bonds. The summed E-state index contributed by atoms with van der Waals surface area (Å²) >= 11 is 0. The molecule has 2 N–H and O–H groups in total. The zero-order chi connectivity index (χ0) is 19.1. The van der Waals surface area contributed by atoms with Crippen LogP contribution in [0.3, 0.4) is 0 Å². The zero-order valence-corrected chi connectivity index (χ0v) is 18.5. The van der Waals surface area contributed by atoms with Gasteiger partial charge in [-0.3, -0.25) is 4.79 Å². The maximum Gasteiger partial charge on any atom is 0.252 e. The first-order chi connectivity index (χ1) is 13.1. The minimum Gasteiger partial charge on any atom is -0.384 e. The lowest BCUT2D eigenvalue weighted by atomic mass is 9.79. The highest BCUT2D eigenvalue weighted by Gasteiger charge is 2.32. The zero-order valence-electron chi connectivity index (χ0n) is 16.9. The second kappa shape index (κ2) is 12.0. The first-order valence-electron chi connectivity index (χ1n) is 9.36. The number of amides is 1. The van der Waals surface area contributed by atoms with Crippen molar-refractivity contribution < 1.29 is 9.53 Å². The third-order valence-electron chi connectivity index (χ3n) is 5.24. The Morgan fingerprint density at radius 3 is 2.45 bits per heavy atom. The number of ether oxygens (including phenoxy) is 1. The van der Waals surface area contributed by atoms with E-state index in [-0.39, 0.29) is 36.1 Å². The van der Waals surface area contributed by atoms with Crippen molar-refractivity contribution in [2.45, 2.75) is 12.8 Å². The number of carbonyl (C=O) groups excluding carboxylic acids is 1.